The molecule has 1 heterocycles. The van der Waals surface area contributed by atoms with Gasteiger partial charge in [-0.1, -0.05) is 32.9 Å². The molecule has 1 rings (SSSR count). The molecule has 0 spiro atoms. The first-order valence-electron chi connectivity index (χ1n) is 7.91. The maximum Gasteiger partial charge on any atom is 0.328 e. The van der Waals surface area contributed by atoms with Gasteiger partial charge in [0.15, 0.2) is 5.69 Å². The van der Waals surface area contributed by atoms with Crippen LogP contribution in [0.25, 0.3) is 6.08 Å². The highest BCUT2D eigenvalue weighted by atomic mass is 16.6. The fourth-order valence-electron chi connectivity index (χ4n) is 1.83. The number of esters is 1. The average molecular weight is 323 g/mol. The topological polar surface area (TPSA) is 87.2 Å². The van der Waals surface area contributed by atoms with E-state index in [-0.39, 0.29) is 12.2 Å². The molecule has 0 unspecified atom stereocenters. The van der Waals surface area contributed by atoms with Crippen molar-refractivity contribution in [1.29, 1.82) is 0 Å². The van der Waals surface area contributed by atoms with Gasteiger partial charge in [-0.05, 0) is 34.1 Å². The highest BCUT2D eigenvalue weighted by Crippen LogP contribution is 2.17. The van der Waals surface area contributed by atoms with E-state index >= 15 is 0 Å². The molecule has 0 aliphatic carbocycles. The van der Waals surface area contributed by atoms with Gasteiger partial charge in [-0.25, -0.2) is 0 Å². The minimum absolute atomic E-state index is 0.0522. The van der Waals surface area contributed by atoms with Crippen LogP contribution in [0.3, 0.4) is 0 Å². The molecule has 6 nitrogen and oxygen atoms in total. The van der Waals surface area contributed by atoms with Gasteiger partial charge in [0, 0.05) is 11.3 Å². The fourth-order valence-corrected chi connectivity index (χ4v) is 1.83. The Labute approximate surface area is 138 Å². The summed E-state index contributed by atoms with van der Waals surface area (Å²) in [7, 11) is 0. The van der Waals surface area contributed by atoms with E-state index in [1.165, 1.54) is 4.68 Å². The molecule has 0 bridgehead atoms. The van der Waals surface area contributed by atoms with Crippen LogP contribution in [-0.2, 0) is 16.1 Å². The minimum atomic E-state index is -0.614. The number of carbonyl (C=O) groups excluding carboxylic acids is 2. The van der Waals surface area contributed by atoms with E-state index < -0.39 is 17.5 Å². The predicted molar refractivity (Wildman–Crippen MR) is 92.0 cm³/mol. The number of aromatic nitrogens is 2. The normalized spacial score (nSPS) is 11.1. The third kappa shape index (κ3) is 6.67. The molecule has 0 aromatic carbocycles. The Hall–Kier alpha value is -2.11. The summed E-state index contributed by atoms with van der Waals surface area (Å²) in [4.78, 5) is 23.3. The number of carbonyl (C=O) groups is 2. The second kappa shape index (κ2) is 9.12. The summed E-state index contributed by atoms with van der Waals surface area (Å²) in [6.07, 6.45) is 4.54. The third-order valence-corrected chi connectivity index (χ3v) is 2.71. The molecule has 0 radical (unpaired) electrons. The van der Waals surface area contributed by atoms with Crippen molar-refractivity contribution in [2.75, 3.05) is 0 Å². The van der Waals surface area contributed by atoms with E-state index in [0.29, 0.717) is 11.3 Å². The van der Waals surface area contributed by atoms with Crippen molar-refractivity contribution in [2.45, 2.75) is 67.0 Å². The van der Waals surface area contributed by atoms with Crippen LogP contribution >= 0.6 is 0 Å². The Morgan fingerprint density at radius 2 is 1.87 bits per heavy atom. The van der Waals surface area contributed by atoms with Crippen molar-refractivity contribution < 1.29 is 14.3 Å². The monoisotopic (exact) mass is 323 g/mol. The molecule has 0 saturated heterocycles. The molecule has 23 heavy (non-hydrogen) atoms. The summed E-state index contributed by atoms with van der Waals surface area (Å²) < 4.78 is 6.70. The van der Waals surface area contributed by atoms with E-state index in [4.69, 9.17) is 10.5 Å². The molecule has 1 aromatic heterocycles. The van der Waals surface area contributed by atoms with Crippen LogP contribution in [0.2, 0.25) is 0 Å². The molecule has 0 saturated carbocycles. The Balaban J connectivity index is 0.00000232. The summed E-state index contributed by atoms with van der Waals surface area (Å²) in [6.45, 7) is 13.1. The van der Waals surface area contributed by atoms with Crippen LogP contribution in [0.4, 0.5) is 0 Å². The number of hydrogen-bond acceptors (Lipinski definition) is 4. The van der Waals surface area contributed by atoms with Crippen LogP contribution in [0.15, 0.2) is 6.08 Å². The quantitative estimate of drug-likeness (QED) is 0.844. The zero-order valence-electron chi connectivity index (χ0n) is 15.3. The molecular formula is C17H29N3O3. The van der Waals surface area contributed by atoms with Crippen molar-refractivity contribution in [3.63, 3.8) is 0 Å². The smallest absolute Gasteiger partial charge is 0.328 e. The Morgan fingerprint density at radius 1 is 1.30 bits per heavy atom. The Morgan fingerprint density at radius 3 is 2.30 bits per heavy atom. The van der Waals surface area contributed by atoms with Crippen LogP contribution in [0, 0.1) is 6.92 Å². The lowest BCUT2D eigenvalue weighted by molar-refractivity contribution is -0.155. The fraction of sp³-hybridized carbons (Fsp3) is 0.588. The molecule has 1 amide bonds. The van der Waals surface area contributed by atoms with Gasteiger partial charge in [-0.3, -0.25) is 14.3 Å². The van der Waals surface area contributed by atoms with E-state index in [2.05, 4.69) is 5.10 Å². The molecule has 6 heteroatoms. The highest BCUT2D eigenvalue weighted by Gasteiger charge is 2.21. The number of allylic oxidation sites excluding steroid dienone is 1. The molecule has 0 fully saturated rings. The summed E-state index contributed by atoms with van der Waals surface area (Å²) in [5.74, 6) is -1.02. The lowest BCUT2D eigenvalue weighted by Gasteiger charge is -2.19. The molecule has 0 aliphatic rings. The van der Waals surface area contributed by atoms with Crippen LogP contribution in [0.1, 0.15) is 69.7 Å². The van der Waals surface area contributed by atoms with E-state index in [1.54, 1.807) is 33.8 Å². The van der Waals surface area contributed by atoms with Crippen molar-refractivity contribution >= 4 is 18.0 Å². The first-order valence-corrected chi connectivity index (χ1v) is 7.91. The lowest BCUT2D eigenvalue weighted by atomic mass is 10.1. The number of primary amides is 1. The first kappa shape index (κ1) is 20.9. The van der Waals surface area contributed by atoms with Gasteiger partial charge < -0.3 is 10.5 Å². The molecular weight excluding hydrogens is 294 g/mol. The molecule has 130 valence electrons. The van der Waals surface area contributed by atoms with Crippen molar-refractivity contribution in [2.24, 2.45) is 5.73 Å². The molecule has 2 N–H and O–H groups in total. The number of amides is 1. The maximum absolute atomic E-state index is 11.9. The second-order valence-corrected chi connectivity index (χ2v) is 5.77. The summed E-state index contributed by atoms with van der Waals surface area (Å²) >= 11 is 0. The third-order valence-electron chi connectivity index (χ3n) is 2.71. The second-order valence-electron chi connectivity index (χ2n) is 5.77. The van der Waals surface area contributed by atoms with Crippen LogP contribution in [0.5, 0.6) is 0 Å². The predicted octanol–water partition coefficient (Wildman–Crippen LogP) is 3.08. The van der Waals surface area contributed by atoms with E-state index in [0.717, 1.165) is 6.42 Å². The van der Waals surface area contributed by atoms with Gasteiger partial charge in [0.25, 0.3) is 5.91 Å². The first-order chi connectivity index (χ1) is 10.7. The Kier molecular flexibility index (Phi) is 8.29. The van der Waals surface area contributed by atoms with Gasteiger partial charge in [-0.15, -0.1) is 0 Å². The van der Waals surface area contributed by atoms with Crippen molar-refractivity contribution in [3.8, 4) is 0 Å². The van der Waals surface area contributed by atoms with Gasteiger partial charge in [0.2, 0.25) is 0 Å². The number of ether oxygens (including phenoxy) is 1. The summed E-state index contributed by atoms with van der Waals surface area (Å²) in [5.41, 5.74) is 6.30. The van der Waals surface area contributed by atoms with Gasteiger partial charge in [0.05, 0.1) is 0 Å². The summed E-state index contributed by atoms with van der Waals surface area (Å²) in [6, 6.07) is 0. The number of nitrogens with zero attached hydrogens (tertiary/aromatic N) is 2. The van der Waals surface area contributed by atoms with Gasteiger partial charge in [0.1, 0.15) is 12.1 Å². The van der Waals surface area contributed by atoms with Crippen LogP contribution < -0.4 is 5.73 Å². The molecule has 0 aliphatic heterocycles. The van der Waals surface area contributed by atoms with Gasteiger partial charge in [-0.2, -0.15) is 5.10 Å². The highest BCUT2D eigenvalue weighted by molar-refractivity contribution is 5.95. The largest absolute Gasteiger partial charge is 0.459 e. The minimum Gasteiger partial charge on any atom is -0.459 e. The Bertz CT molecular complexity index is 566. The lowest BCUT2D eigenvalue weighted by Crippen LogP contribution is -2.27. The maximum atomic E-state index is 11.9. The molecule has 1 aromatic rings. The van der Waals surface area contributed by atoms with Crippen molar-refractivity contribution in [3.05, 3.63) is 23.0 Å². The van der Waals surface area contributed by atoms with Crippen molar-refractivity contribution in [1.82, 2.24) is 9.78 Å². The number of rotatable bonds is 5. The average Bonchev–Trinajstić information content (AvgIpc) is 2.74. The number of nitrogens with two attached hydrogens (primary N) is 1. The van der Waals surface area contributed by atoms with E-state index in [1.807, 2.05) is 26.8 Å². The van der Waals surface area contributed by atoms with Crippen LogP contribution in [-0.4, -0.2) is 27.3 Å². The standard InChI is InChI=1S/C15H23N3O3.C2H6/c1-6-7-8-11-10(2)18(17-13(11)14(16)20)9-12(19)21-15(3,4)5;1-2/h7-8H,6,9H2,1-5H3,(H2,16,20);1-2H3/b8-7+;. The van der Waals surface area contributed by atoms with E-state index in [9.17, 15) is 9.59 Å². The number of hydrogen-bond donors (Lipinski definition) is 1. The zero-order chi connectivity index (χ0) is 18.2. The zero-order valence-corrected chi connectivity index (χ0v) is 15.3. The SMILES string of the molecule is CC.CC/C=C/c1c(C(N)=O)nn(CC(=O)OC(C)(C)C)c1C. The summed E-state index contributed by atoms with van der Waals surface area (Å²) in [5, 5.41) is 4.12. The molecule has 0 atom stereocenters. The van der Waals surface area contributed by atoms with Gasteiger partial charge >= 0.3 is 5.97 Å².